The second-order valence-corrected chi connectivity index (χ2v) is 22.9. The number of methoxy groups -OCH3 is 4. The van der Waals surface area contributed by atoms with Crippen LogP contribution in [0, 0.1) is 6.92 Å². The van der Waals surface area contributed by atoms with Gasteiger partial charge in [0.15, 0.2) is 34.3 Å². The quantitative estimate of drug-likeness (QED) is 0.0434. The molecule has 24 heteroatoms. The van der Waals surface area contributed by atoms with Gasteiger partial charge in [0, 0.05) is 34.7 Å². The van der Waals surface area contributed by atoms with Crippen LogP contribution >= 0.6 is 0 Å². The number of carbonyl (C=O) groups excluding carboxylic acids is 6. The van der Waals surface area contributed by atoms with E-state index < -0.39 is 29.8 Å². The predicted octanol–water partition coefficient (Wildman–Crippen LogP) is 16.2. The van der Waals surface area contributed by atoms with Crippen molar-refractivity contribution < 1.29 is 90.7 Å². The Bertz CT molecular complexity index is 4530. The van der Waals surface area contributed by atoms with Crippen LogP contribution in [0.4, 0.5) is 0 Å². The van der Waals surface area contributed by atoms with E-state index in [1.807, 2.05) is 209 Å². The highest BCUT2D eigenvalue weighted by atomic mass is 16.6. The molecule has 10 aromatic rings. The SMILES string of the molecule is CCOc1ccc(-c2ccc(C)c(C(=O)OC(C)C)n2)cc1.CCOc1ccc(-c2ccc(O)c(C(=O)OC)n2)cc1.CCOc1ccc(-c2ccc(OC(C)=O)c(C(=O)OC)n2)cc1.CCOc1ccc(-c2ccc(OC)c(C(=O)OC)n2)cc1.CCOc1ccc(-c2cccc(C(=O)OC(C)C)n2)cc1. The minimum Gasteiger partial charge on any atom is -0.505 e. The van der Waals surface area contributed by atoms with Gasteiger partial charge in [0.05, 0.1) is 102 Å². The number of carbonyl (C=O) groups is 6. The first kappa shape index (κ1) is 83.2. The summed E-state index contributed by atoms with van der Waals surface area (Å²) in [6, 6.07) is 56.2. The Hall–Kier alpha value is -12.7. The number of hydrogen-bond acceptors (Lipinski definition) is 24. The summed E-state index contributed by atoms with van der Waals surface area (Å²) in [6.07, 6.45) is -0.323. The number of rotatable bonds is 24. The van der Waals surface area contributed by atoms with Gasteiger partial charge in [0.25, 0.3) is 0 Å². The second-order valence-electron chi connectivity index (χ2n) is 22.9. The van der Waals surface area contributed by atoms with Gasteiger partial charge in [-0.2, -0.15) is 0 Å². The third-order valence-corrected chi connectivity index (χ3v) is 14.4. The number of esters is 6. The molecule has 0 unspecified atom stereocenters. The summed E-state index contributed by atoms with van der Waals surface area (Å²) in [4.78, 5) is 91.7. The smallest absolute Gasteiger partial charge is 0.360 e. The molecule has 5 aromatic heterocycles. The molecular weight excluding hydrogens is 1370 g/mol. The molecule has 5 heterocycles. The van der Waals surface area contributed by atoms with Gasteiger partial charge in [0.1, 0.15) is 40.2 Å². The lowest BCUT2D eigenvalue weighted by atomic mass is 10.1. The van der Waals surface area contributed by atoms with Crippen LogP contribution in [-0.2, 0) is 28.5 Å². The van der Waals surface area contributed by atoms with Gasteiger partial charge in [-0.1, -0.05) is 12.1 Å². The third kappa shape index (κ3) is 25.6. The molecule has 0 atom stereocenters. The summed E-state index contributed by atoms with van der Waals surface area (Å²) in [6.45, 7) is 23.1. The van der Waals surface area contributed by atoms with Gasteiger partial charge in [0.2, 0.25) is 0 Å². The first-order valence-corrected chi connectivity index (χ1v) is 34.2. The molecule has 0 spiro atoms. The van der Waals surface area contributed by atoms with Gasteiger partial charge in [-0.15, -0.1) is 0 Å². The fourth-order valence-corrected chi connectivity index (χ4v) is 9.55. The van der Waals surface area contributed by atoms with Crippen LogP contribution in [-0.4, -0.2) is 140 Å². The van der Waals surface area contributed by atoms with Gasteiger partial charge in [-0.05, 0) is 251 Å². The van der Waals surface area contributed by atoms with Crippen molar-refractivity contribution in [3.8, 4) is 102 Å². The molecule has 24 nitrogen and oxygen atoms in total. The lowest BCUT2D eigenvalue weighted by Gasteiger charge is -2.11. The Morgan fingerprint density at radius 1 is 0.346 bits per heavy atom. The normalized spacial score (nSPS) is 10.3. The van der Waals surface area contributed by atoms with Crippen molar-refractivity contribution >= 4 is 35.8 Å². The predicted molar refractivity (Wildman–Crippen MR) is 404 cm³/mol. The minimum absolute atomic E-state index is 0.0471. The van der Waals surface area contributed by atoms with Crippen LogP contribution < -0.4 is 33.2 Å². The number of ether oxygens (including phenoxy) is 12. The highest BCUT2D eigenvalue weighted by Crippen LogP contribution is 2.30. The summed E-state index contributed by atoms with van der Waals surface area (Å²) in [5, 5.41) is 9.61. The molecule has 0 aliphatic carbocycles. The molecule has 0 aliphatic heterocycles. The van der Waals surface area contributed by atoms with E-state index in [0.717, 1.165) is 73.5 Å². The Morgan fingerprint density at radius 3 is 1.00 bits per heavy atom. The van der Waals surface area contributed by atoms with Gasteiger partial charge >= 0.3 is 35.8 Å². The van der Waals surface area contributed by atoms with Crippen LogP contribution in [0.2, 0.25) is 0 Å². The van der Waals surface area contributed by atoms with Crippen molar-refractivity contribution in [1.29, 1.82) is 0 Å². The molecule has 0 saturated heterocycles. The largest absolute Gasteiger partial charge is 0.505 e. The van der Waals surface area contributed by atoms with E-state index in [1.165, 1.54) is 47.5 Å². The molecule has 0 radical (unpaired) electrons. The van der Waals surface area contributed by atoms with E-state index in [2.05, 4.69) is 34.4 Å². The van der Waals surface area contributed by atoms with Crippen LogP contribution in [0.15, 0.2) is 188 Å². The zero-order valence-corrected chi connectivity index (χ0v) is 62.6. The molecular formula is C83H89N5O19. The summed E-state index contributed by atoms with van der Waals surface area (Å²) >= 11 is 0. The van der Waals surface area contributed by atoms with Gasteiger partial charge in [-0.3, -0.25) is 4.79 Å². The Labute approximate surface area is 622 Å². The topological polar surface area (TPSA) is 298 Å². The molecule has 1 N–H and O–H groups in total. The van der Waals surface area contributed by atoms with E-state index in [1.54, 1.807) is 36.4 Å². The molecule has 10 rings (SSSR count). The van der Waals surface area contributed by atoms with Gasteiger partial charge in [-0.25, -0.2) is 48.9 Å². The number of hydrogen-bond donors (Lipinski definition) is 1. The van der Waals surface area contributed by atoms with E-state index >= 15 is 0 Å². The summed E-state index contributed by atoms with van der Waals surface area (Å²) in [5.41, 5.74) is 9.13. The fraction of sp³-hybridized carbons (Fsp3) is 0.265. The van der Waals surface area contributed by atoms with Crippen LogP contribution in [0.25, 0.3) is 56.3 Å². The number of pyridine rings is 5. The summed E-state index contributed by atoms with van der Waals surface area (Å²) in [5.74, 6) is 0.997. The zero-order valence-electron chi connectivity index (χ0n) is 62.6. The van der Waals surface area contributed by atoms with Crippen LogP contribution in [0.1, 0.15) is 127 Å². The molecule has 560 valence electrons. The Morgan fingerprint density at radius 2 is 0.654 bits per heavy atom. The average Bonchev–Trinajstić information content (AvgIpc) is 0.837. The maximum Gasteiger partial charge on any atom is 0.360 e. The van der Waals surface area contributed by atoms with Gasteiger partial charge < -0.3 is 61.9 Å². The highest BCUT2D eigenvalue weighted by molar-refractivity contribution is 5.93. The molecule has 5 aromatic carbocycles. The van der Waals surface area contributed by atoms with E-state index in [-0.39, 0.29) is 46.8 Å². The molecule has 0 bridgehead atoms. The Kier molecular flexibility index (Phi) is 33.3. The van der Waals surface area contributed by atoms with Crippen molar-refractivity contribution in [3.05, 3.63) is 222 Å². The van der Waals surface area contributed by atoms with Crippen molar-refractivity contribution in [2.24, 2.45) is 0 Å². The third-order valence-electron chi connectivity index (χ3n) is 14.4. The molecule has 0 fully saturated rings. The maximum absolute atomic E-state index is 12.1. The fourth-order valence-electron chi connectivity index (χ4n) is 9.55. The van der Waals surface area contributed by atoms with Crippen molar-refractivity contribution in [3.63, 3.8) is 0 Å². The molecule has 0 saturated carbocycles. The molecule has 107 heavy (non-hydrogen) atoms. The monoisotopic (exact) mass is 1460 g/mol. The first-order chi connectivity index (χ1) is 51.5. The molecule has 0 aliphatic rings. The zero-order chi connectivity index (χ0) is 78.0. The number of aromatic nitrogens is 5. The highest BCUT2D eigenvalue weighted by Gasteiger charge is 2.21. The lowest BCUT2D eigenvalue weighted by Crippen LogP contribution is -2.14. The van der Waals surface area contributed by atoms with E-state index in [9.17, 15) is 33.9 Å². The number of aryl methyl sites for hydroxylation is 1. The Balaban J connectivity index is 0.000000209. The summed E-state index contributed by atoms with van der Waals surface area (Å²) in [7, 11) is 5.28. The molecule has 0 amide bonds. The maximum atomic E-state index is 12.1. The van der Waals surface area contributed by atoms with E-state index in [4.69, 9.17) is 47.4 Å². The number of nitrogens with zero attached hydrogens (tertiary/aromatic N) is 5. The van der Waals surface area contributed by atoms with Crippen molar-refractivity contribution in [2.45, 2.75) is 88.4 Å². The van der Waals surface area contributed by atoms with Crippen LogP contribution in [0.5, 0.6) is 46.0 Å². The van der Waals surface area contributed by atoms with Crippen molar-refractivity contribution in [1.82, 2.24) is 24.9 Å². The standard InChI is InChI=1S/C18H21NO3.C17H17NO5.C17H19NO3.C16H17NO4.C15H15NO4/c1-5-21-15-9-7-14(8-10-15)16-11-6-13(4)17(19-16)18(20)22-12(2)3;1-4-22-13-7-5-12(6-8-13)14-9-10-15(23-11(2)19)16(18-14)17(20)21-3;1-4-20-14-10-8-13(9-11-14)15-6-5-7-16(18-15)17(19)21-12(2)3;1-4-21-12-7-5-11(6-8-12)13-9-10-14(19-2)15(17-13)16(18)20-3;1-3-20-11-6-4-10(5-7-11)12-8-9-13(17)14(16-12)15(18)19-2/h6-12H,5H2,1-4H3;5-10H,4H2,1-3H3;5-12H,4H2,1-3H3;5-10H,4H2,1-3H3;4-9,17H,3H2,1-2H3. The van der Waals surface area contributed by atoms with Crippen molar-refractivity contribution in [2.75, 3.05) is 61.5 Å². The second kappa shape index (κ2) is 42.8. The van der Waals surface area contributed by atoms with Crippen LogP contribution in [0.3, 0.4) is 0 Å². The number of aromatic hydroxyl groups is 1. The number of benzene rings is 5. The first-order valence-electron chi connectivity index (χ1n) is 34.2. The lowest BCUT2D eigenvalue weighted by molar-refractivity contribution is -0.131. The average molecular weight is 1460 g/mol. The summed E-state index contributed by atoms with van der Waals surface area (Å²) < 4.78 is 61.5. The van der Waals surface area contributed by atoms with E-state index in [0.29, 0.717) is 67.3 Å². The minimum atomic E-state index is -0.672.